The second-order valence-corrected chi connectivity index (χ2v) is 6.43. The summed E-state index contributed by atoms with van der Waals surface area (Å²) in [6.07, 6.45) is 3.64. The van der Waals surface area contributed by atoms with Crippen molar-refractivity contribution < 1.29 is 13.9 Å². The number of carbonyl (C=O) groups is 1. The molecule has 3 rings (SSSR count). The number of nitrogens with zero attached hydrogens (tertiary/aromatic N) is 3. The summed E-state index contributed by atoms with van der Waals surface area (Å²) in [5, 5.41) is 9.38. The number of anilines is 1. The highest BCUT2D eigenvalue weighted by Crippen LogP contribution is 2.28. The smallest absolute Gasteiger partial charge is 0.264 e. The first-order valence-electron chi connectivity index (χ1n) is 8.64. The highest BCUT2D eigenvalue weighted by Gasteiger charge is 2.22. The van der Waals surface area contributed by atoms with Crippen LogP contribution in [0.2, 0.25) is 0 Å². The highest BCUT2D eigenvalue weighted by atomic mass is 19.1. The van der Waals surface area contributed by atoms with Crippen LogP contribution in [0.1, 0.15) is 24.0 Å². The molecular formula is C19H22FN3O2. The Morgan fingerprint density at radius 1 is 1.24 bits per heavy atom. The summed E-state index contributed by atoms with van der Waals surface area (Å²) < 4.78 is 19.8. The van der Waals surface area contributed by atoms with Gasteiger partial charge in [-0.1, -0.05) is 0 Å². The molecule has 2 heterocycles. The molecule has 0 atom stereocenters. The Balaban J connectivity index is 1.86. The molecule has 0 spiro atoms. The lowest BCUT2D eigenvalue weighted by Crippen LogP contribution is -2.41. The molecule has 0 unspecified atom stereocenters. The lowest BCUT2D eigenvalue weighted by Gasteiger charge is -2.26. The predicted octanol–water partition coefficient (Wildman–Crippen LogP) is 2.50. The number of morpholine rings is 1. The number of halogens is 1. The fraction of sp³-hybridized carbons (Fsp3) is 0.474. The van der Waals surface area contributed by atoms with Gasteiger partial charge in [0, 0.05) is 26.2 Å². The van der Waals surface area contributed by atoms with Gasteiger partial charge in [-0.05, 0) is 49.1 Å². The van der Waals surface area contributed by atoms with Crippen molar-refractivity contribution in [3.63, 3.8) is 0 Å². The van der Waals surface area contributed by atoms with Crippen molar-refractivity contribution >= 4 is 17.7 Å². The maximum atomic E-state index is 14.5. The third-order valence-electron chi connectivity index (χ3n) is 4.73. The molecule has 0 N–H and O–H groups in total. The number of ether oxygens (including phenoxy) is 1. The van der Waals surface area contributed by atoms with E-state index < -0.39 is 0 Å². The van der Waals surface area contributed by atoms with Crippen LogP contribution in [-0.2, 0) is 9.53 Å². The summed E-state index contributed by atoms with van der Waals surface area (Å²) in [5.41, 5.74) is 2.05. The van der Waals surface area contributed by atoms with E-state index in [2.05, 4.69) is 0 Å². The van der Waals surface area contributed by atoms with Gasteiger partial charge in [0.1, 0.15) is 17.5 Å². The lowest BCUT2D eigenvalue weighted by atomic mass is 10.0. The van der Waals surface area contributed by atoms with Crippen molar-refractivity contribution in [3.05, 3.63) is 34.6 Å². The molecule has 0 radical (unpaired) electrons. The highest BCUT2D eigenvalue weighted by molar-refractivity contribution is 6.02. The summed E-state index contributed by atoms with van der Waals surface area (Å²) in [5.74, 6) is -0.635. The minimum atomic E-state index is -0.325. The standard InChI is InChI=1S/C19H22FN3O2/c1-14-10-18(22-4-2-3-5-22)17(20)12-15(14)11-16(13-21)19(24)23-6-8-25-9-7-23/h10-12H,2-9H2,1H3/b16-11-. The topological polar surface area (TPSA) is 56.6 Å². The quantitative estimate of drug-likeness (QED) is 0.625. The molecule has 25 heavy (non-hydrogen) atoms. The van der Waals surface area contributed by atoms with Gasteiger partial charge in [-0.3, -0.25) is 4.79 Å². The van der Waals surface area contributed by atoms with E-state index in [0.717, 1.165) is 31.5 Å². The summed E-state index contributed by atoms with van der Waals surface area (Å²) in [6, 6.07) is 5.19. The Morgan fingerprint density at radius 2 is 1.92 bits per heavy atom. The van der Waals surface area contributed by atoms with Gasteiger partial charge in [0.2, 0.25) is 0 Å². The largest absolute Gasteiger partial charge is 0.378 e. The van der Waals surface area contributed by atoms with Gasteiger partial charge in [-0.25, -0.2) is 4.39 Å². The predicted molar refractivity (Wildman–Crippen MR) is 93.6 cm³/mol. The van der Waals surface area contributed by atoms with Gasteiger partial charge in [0.15, 0.2) is 0 Å². The normalized spacial score (nSPS) is 18.4. The molecule has 0 bridgehead atoms. The van der Waals surface area contributed by atoms with E-state index >= 15 is 0 Å². The van der Waals surface area contributed by atoms with Crippen molar-refractivity contribution in [2.45, 2.75) is 19.8 Å². The van der Waals surface area contributed by atoms with Gasteiger partial charge in [0.25, 0.3) is 5.91 Å². The second-order valence-electron chi connectivity index (χ2n) is 6.43. The van der Waals surface area contributed by atoms with E-state index in [1.807, 2.05) is 17.9 Å². The van der Waals surface area contributed by atoms with Gasteiger partial charge in [0.05, 0.1) is 18.9 Å². The van der Waals surface area contributed by atoms with Crippen LogP contribution in [0.25, 0.3) is 6.08 Å². The van der Waals surface area contributed by atoms with Crippen LogP contribution in [0.5, 0.6) is 0 Å². The lowest BCUT2D eigenvalue weighted by molar-refractivity contribution is -0.130. The van der Waals surface area contributed by atoms with Crippen molar-refractivity contribution in [2.75, 3.05) is 44.3 Å². The van der Waals surface area contributed by atoms with Crippen molar-refractivity contribution in [1.82, 2.24) is 4.90 Å². The number of carbonyl (C=O) groups excluding carboxylic acids is 1. The van der Waals surface area contributed by atoms with Crippen LogP contribution in [0.15, 0.2) is 17.7 Å². The molecule has 132 valence electrons. The monoisotopic (exact) mass is 343 g/mol. The molecule has 2 aliphatic heterocycles. The zero-order chi connectivity index (χ0) is 17.8. The fourth-order valence-corrected chi connectivity index (χ4v) is 3.27. The Kier molecular flexibility index (Phi) is 5.34. The first-order valence-corrected chi connectivity index (χ1v) is 8.64. The molecule has 1 aromatic rings. The maximum Gasteiger partial charge on any atom is 0.264 e. The molecule has 1 aromatic carbocycles. The van der Waals surface area contributed by atoms with E-state index in [4.69, 9.17) is 4.74 Å². The summed E-state index contributed by atoms with van der Waals surface area (Å²) in [7, 11) is 0. The number of benzene rings is 1. The number of nitriles is 1. The number of amides is 1. The molecule has 2 saturated heterocycles. The first-order chi connectivity index (χ1) is 12.1. The van der Waals surface area contributed by atoms with Crippen molar-refractivity contribution in [3.8, 4) is 6.07 Å². The molecular weight excluding hydrogens is 321 g/mol. The molecule has 2 aliphatic rings. The molecule has 0 saturated carbocycles. The molecule has 0 aliphatic carbocycles. The van der Waals surface area contributed by atoms with Gasteiger partial charge >= 0.3 is 0 Å². The van der Waals surface area contributed by atoms with Crippen LogP contribution < -0.4 is 4.90 Å². The van der Waals surface area contributed by atoms with E-state index in [9.17, 15) is 14.4 Å². The van der Waals surface area contributed by atoms with Crippen molar-refractivity contribution in [2.24, 2.45) is 0 Å². The molecule has 6 heteroatoms. The van der Waals surface area contributed by atoms with E-state index in [1.54, 1.807) is 11.0 Å². The Hall–Kier alpha value is -2.39. The van der Waals surface area contributed by atoms with Gasteiger partial charge in [-0.2, -0.15) is 5.26 Å². The summed E-state index contributed by atoms with van der Waals surface area (Å²) in [4.78, 5) is 16.1. The summed E-state index contributed by atoms with van der Waals surface area (Å²) >= 11 is 0. The third kappa shape index (κ3) is 3.83. The number of hydrogen-bond acceptors (Lipinski definition) is 4. The molecule has 1 amide bonds. The first kappa shape index (κ1) is 17.4. The van der Waals surface area contributed by atoms with Crippen LogP contribution >= 0.6 is 0 Å². The van der Waals surface area contributed by atoms with Gasteiger partial charge < -0.3 is 14.5 Å². The average Bonchev–Trinajstić information content (AvgIpc) is 3.16. The molecule has 2 fully saturated rings. The zero-order valence-electron chi connectivity index (χ0n) is 14.4. The molecule has 5 nitrogen and oxygen atoms in total. The van der Waals surface area contributed by atoms with Crippen LogP contribution in [0, 0.1) is 24.1 Å². The number of aryl methyl sites for hydroxylation is 1. The van der Waals surface area contributed by atoms with Gasteiger partial charge in [-0.15, -0.1) is 0 Å². The minimum Gasteiger partial charge on any atom is -0.378 e. The SMILES string of the molecule is Cc1cc(N2CCCC2)c(F)cc1/C=C(/C#N)C(=O)N1CCOCC1. The average molecular weight is 343 g/mol. The minimum absolute atomic E-state index is 0.0262. The van der Waals surface area contributed by atoms with Crippen LogP contribution in [0.3, 0.4) is 0 Å². The second kappa shape index (κ2) is 7.66. The number of hydrogen-bond donors (Lipinski definition) is 0. The molecule has 0 aromatic heterocycles. The Morgan fingerprint density at radius 3 is 2.56 bits per heavy atom. The Labute approximate surface area is 147 Å². The summed E-state index contributed by atoms with van der Waals surface area (Å²) in [6.45, 7) is 5.50. The fourth-order valence-electron chi connectivity index (χ4n) is 3.27. The van der Waals surface area contributed by atoms with E-state index in [-0.39, 0.29) is 17.3 Å². The maximum absolute atomic E-state index is 14.5. The number of rotatable bonds is 3. The van der Waals surface area contributed by atoms with Crippen molar-refractivity contribution in [1.29, 1.82) is 5.26 Å². The Bertz CT molecular complexity index is 727. The van der Waals surface area contributed by atoms with E-state index in [0.29, 0.717) is 37.6 Å². The third-order valence-corrected chi connectivity index (χ3v) is 4.73. The van der Waals surface area contributed by atoms with E-state index in [1.165, 1.54) is 12.1 Å². The zero-order valence-corrected chi connectivity index (χ0v) is 14.4. The van der Waals surface area contributed by atoms with Crippen LogP contribution in [-0.4, -0.2) is 50.2 Å². The van der Waals surface area contributed by atoms with Crippen LogP contribution in [0.4, 0.5) is 10.1 Å².